The Kier molecular flexibility index (Phi) is 6.90. The highest BCUT2D eigenvalue weighted by Crippen LogP contribution is 2.21. The third-order valence-electron chi connectivity index (χ3n) is 5.12. The highest BCUT2D eigenvalue weighted by molar-refractivity contribution is 5.83. The van der Waals surface area contributed by atoms with Gasteiger partial charge in [0.15, 0.2) is 5.96 Å². The van der Waals surface area contributed by atoms with Crippen molar-refractivity contribution in [2.45, 2.75) is 33.1 Å². The predicted octanol–water partition coefficient (Wildman–Crippen LogP) is 3.09. The van der Waals surface area contributed by atoms with Crippen molar-refractivity contribution in [3.05, 3.63) is 35.8 Å². The number of halogens is 1. The molecule has 6 nitrogen and oxygen atoms in total. The first kappa shape index (κ1) is 20.2. The molecule has 1 aliphatic rings. The van der Waals surface area contributed by atoms with Crippen molar-refractivity contribution in [2.24, 2.45) is 10.9 Å². The quantitative estimate of drug-likeness (QED) is 0.453. The van der Waals surface area contributed by atoms with Gasteiger partial charge in [-0.2, -0.15) is 0 Å². The largest absolute Gasteiger partial charge is 0.466 e. The number of ether oxygens (including phenoxy) is 1. The van der Waals surface area contributed by atoms with Crippen molar-refractivity contribution in [1.29, 1.82) is 0 Å². The number of likely N-dealkylation sites (tertiary alicyclic amines) is 1. The fraction of sp³-hybridized carbons (Fsp3) is 0.524. The Morgan fingerprint density at radius 3 is 2.86 bits per heavy atom. The molecule has 0 atom stereocenters. The molecule has 152 valence electrons. The van der Waals surface area contributed by atoms with Gasteiger partial charge in [-0.1, -0.05) is 0 Å². The number of nitrogens with one attached hydrogen (secondary N) is 2. The van der Waals surface area contributed by atoms with Crippen LogP contribution in [-0.4, -0.2) is 54.6 Å². The second-order valence-electron chi connectivity index (χ2n) is 7.00. The van der Waals surface area contributed by atoms with Crippen molar-refractivity contribution < 1.29 is 13.9 Å². The van der Waals surface area contributed by atoms with E-state index in [1.165, 1.54) is 6.07 Å². The SMILES string of the molecule is CCNC(=NCCc1c[nH]c2ccc(F)cc12)N1CCC(C(=O)OCC)CC1. The molecular weight excluding hydrogens is 359 g/mol. The number of carbonyl (C=O) groups excluding carboxylic acids is 1. The number of rotatable bonds is 6. The van der Waals surface area contributed by atoms with Gasteiger partial charge >= 0.3 is 5.97 Å². The minimum atomic E-state index is -0.227. The molecule has 7 heteroatoms. The van der Waals surface area contributed by atoms with Crippen LogP contribution in [0.4, 0.5) is 4.39 Å². The summed E-state index contributed by atoms with van der Waals surface area (Å²) >= 11 is 0. The summed E-state index contributed by atoms with van der Waals surface area (Å²) in [6, 6.07) is 4.79. The average Bonchev–Trinajstić information content (AvgIpc) is 3.10. The number of nitrogens with zero attached hydrogens (tertiary/aromatic N) is 2. The van der Waals surface area contributed by atoms with Crippen LogP contribution in [0.25, 0.3) is 10.9 Å². The van der Waals surface area contributed by atoms with Gasteiger partial charge in [0, 0.05) is 43.3 Å². The van der Waals surface area contributed by atoms with Gasteiger partial charge in [-0.15, -0.1) is 0 Å². The maximum absolute atomic E-state index is 13.5. The van der Waals surface area contributed by atoms with Gasteiger partial charge in [0.25, 0.3) is 0 Å². The highest BCUT2D eigenvalue weighted by Gasteiger charge is 2.27. The maximum atomic E-state index is 13.5. The molecule has 2 N–H and O–H groups in total. The van der Waals surface area contributed by atoms with Gasteiger partial charge in [0.2, 0.25) is 0 Å². The summed E-state index contributed by atoms with van der Waals surface area (Å²) in [5, 5.41) is 4.25. The van der Waals surface area contributed by atoms with E-state index in [1.807, 2.05) is 20.0 Å². The molecule has 1 aliphatic heterocycles. The van der Waals surface area contributed by atoms with Gasteiger partial charge < -0.3 is 19.9 Å². The lowest BCUT2D eigenvalue weighted by atomic mass is 9.97. The van der Waals surface area contributed by atoms with Crippen molar-refractivity contribution in [3.8, 4) is 0 Å². The average molecular weight is 388 g/mol. The van der Waals surface area contributed by atoms with Crippen LogP contribution < -0.4 is 5.32 Å². The molecule has 0 radical (unpaired) electrons. The molecule has 0 bridgehead atoms. The molecule has 0 aliphatic carbocycles. The number of aliphatic imine (C=N–C) groups is 1. The minimum Gasteiger partial charge on any atom is -0.466 e. The Morgan fingerprint density at radius 1 is 1.36 bits per heavy atom. The van der Waals surface area contributed by atoms with E-state index in [-0.39, 0.29) is 17.7 Å². The molecule has 28 heavy (non-hydrogen) atoms. The van der Waals surface area contributed by atoms with Gasteiger partial charge in [-0.3, -0.25) is 9.79 Å². The number of carbonyl (C=O) groups is 1. The molecule has 1 aromatic carbocycles. The summed E-state index contributed by atoms with van der Waals surface area (Å²) in [6.07, 6.45) is 4.23. The number of guanidine groups is 1. The number of hydrogen-bond donors (Lipinski definition) is 2. The number of esters is 1. The normalized spacial score (nSPS) is 15.8. The van der Waals surface area contributed by atoms with Crippen LogP contribution in [0.15, 0.2) is 29.4 Å². The van der Waals surface area contributed by atoms with Crippen LogP contribution in [0.1, 0.15) is 32.3 Å². The van der Waals surface area contributed by atoms with Crippen LogP contribution in [0.5, 0.6) is 0 Å². The second kappa shape index (κ2) is 9.57. The van der Waals surface area contributed by atoms with Crippen molar-refractivity contribution in [3.63, 3.8) is 0 Å². The van der Waals surface area contributed by atoms with Crippen molar-refractivity contribution in [1.82, 2.24) is 15.2 Å². The summed E-state index contributed by atoms with van der Waals surface area (Å²) < 4.78 is 18.7. The fourth-order valence-electron chi connectivity index (χ4n) is 3.65. The molecule has 0 spiro atoms. The van der Waals surface area contributed by atoms with Crippen molar-refractivity contribution >= 4 is 22.8 Å². The van der Waals surface area contributed by atoms with Gasteiger partial charge in [-0.25, -0.2) is 4.39 Å². The number of piperidine rings is 1. The Labute approximate surface area is 165 Å². The summed E-state index contributed by atoms with van der Waals surface area (Å²) in [5.41, 5.74) is 2.00. The summed E-state index contributed by atoms with van der Waals surface area (Å²) in [6.45, 7) is 7.29. The van der Waals surface area contributed by atoms with Gasteiger partial charge in [0.05, 0.1) is 12.5 Å². The number of H-pyrrole nitrogens is 1. The van der Waals surface area contributed by atoms with E-state index in [4.69, 9.17) is 9.73 Å². The number of aromatic nitrogens is 1. The number of hydrogen-bond acceptors (Lipinski definition) is 3. The monoisotopic (exact) mass is 388 g/mol. The first-order chi connectivity index (χ1) is 13.6. The molecule has 2 heterocycles. The van der Waals surface area contributed by atoms with E-state index in [0.29, 0.717) is 13.2 Å². The molecule has 0 saturated carbocycles. The van der Waals surface area contributed by atoms with Crippen LogP contribution in [0.3, 0.4) is 0 Å². The number of benzene rings is 1. The third kappa shape index (κ3) is 4.82. The van der Waals surface area contributed by atoms with E-state index >= 15 is 0 Å². The molecule has 0 amide bonds. The first-order valence-corrected chi connectivity index (χ1v) is 10.1. The predicted molar refractivity (Wildman–Crippen MR) is 109 cm³/mol. The minimum absolute atomic E-state index is 0.0137. The molecule has 3 rings (SSSR count). The van der Waals surface area contributed by atoms with E-state index < -0.39 is 0 Å². The lowest BCUT2D eigenvalue weighted by molar-refractivity contribution is -0.149. The number of fused-ring (bicyclic) bond motifs is 1. The zero-order valence-corrected chi connectivity index (χ0v) is 16.6. The smallest absolute Gasteiger partial charge is 0.309 e. The molecule has 1 saturated heterocycles. The van der Waals surface area contributed by atoms with Crippen LogP contribution in [0.2, 0.25) is 0 Å². The topological polar surface area (TPSA) is 69.7 Å². The lowest BCUT2D eigenvalue weighted by Crippen LogP contribution is -2.46. The summed E-state index contributed by atoms with van der Waals surface area (Å²) in [4.78, 5) is 22.1. The van der Waals surface area contributed by atoms with E-state index in [0.717, 1.165) is 61.3 Å². The van der Waals surface area contributed by atoms with Crippen molar-refractivity contribution in [2.75, 3.05) is 32.8 Å². The standard InChI is InChI=1S/C21H29FN4O2/c1-3-23-21(26-11-8-15(9-12-26)20(27)28-4-2)24-10-7-16-14-25-19-6-5-17(22)13-18(16)19/h5-6,13-15,25H,3-4,7-12H2,1-2H3,(H,23,24). The van der Waals surface area contributed by atoms with Crippen LogP contribution in [-0.2, 0) is 16.0 Å². The van der Waals surface area contributed by atoms with E-state index in [2.05, 4.69) is 15.2 Å². The Balaban J connectivity index is 1.60. The molecule has 2 aromatic rings. The van der Waals surface area contributed by atoms with Gasteiger partial charge in [0.1, 0.15) is 5.82 Å². The number of aromatic amines is 1. The Hall–Kier alpha value is -2.57. The Bertz CT molecular complexity index is 825. The Morgan fingerprint density at radius 2 is 2.14 bits per heavy atom. The van der Waals surface area contributed by atoms with E-state index in [1.54, 1.807) is 12.1 Å². The van der Waals surface area contributed by atoms with Crippen LogP contribution in [0, 0.1) is 11.7 Å². The van der Waals surface area contributed by atoms with Gasteiger partial charge in [-0.05, 0) is 56.9 Å². The van der Waals surface area contributed by atoms with E-state index in [9.17, 15) is 9.18 Å². The maximum Gasteiger partial charge on any atom is 0.309 e. The molecule has 1 fully saturated rings. The summed E-state index contributed by atoms with van der Waals surface area (Å²) in [5.74, 6) is 0.543. The first-order valence-electron chi connectivity index (χ1n) is 10.1. The molecule has 0 unspecified atom stereocenters. The molecule has 1 aromatic heterocycles. The lowest BCUT2D eigenvalue weighted by Gasteiger charge is -2.33. The van der Waals surface area contributed by atoms with Crippen LogP contribution >= 0.6 is 0 Å². The molecular formula is C21H29FN4O2. The highest BCUT2D eigenvalue weighted by atomic mass is 19.1. The second-order valence-corrected chi connectivity index (χ2v) is 7.00. The fourth-order valence-corrected chi connectivity index (χ4v) is 3.65. The zero-order valence-electron chi connectivity index (χ0n) is 16.6. The third-order valence-corrected chi connectivity index (χ3v) is 5.12. The summed E-state index contributed by atoms with van der Waals surface area (Å²) in [7, 11) is 0. The zero-order chi connectivity index (χ0) is 19.9.